The molecule has 0 heterocycles. The summed E-state index contributed by atoms with van der Waals surface area (Å²) in [6, 6.07) is 7.71. The molecule has 0 bridgehead atoms. The highest BCUT2D eigenvalue weighted by Gasteiger charge is 2.17. The molecule has 0 amide bonds. The molecule has 1 rings (SSSR count). The summed E-state index contributed by atoms with van der Waals surface area (Å²) in [4.78, 5) is 11.8. The summed E-state index contributed by atoms with van der Waals surface area (Å²) in [5.74, 6) is 0.730. The van der Waals surface area contributed by atoms with Gasteiger partial charge in [-0.2, -0.15) is 0 Å². The second-order valence-corrected chi connectivity index (χ2v) is 5.18. The van der Waals surface area contributed by atoms with Crippen LogP contribution in [0.4, 0.5) is 0 Å². The molecule has 3 heteroatoms. The first-order chi connectivity index (χ1) is 7.09. The predicted molar refractivity (Wildman–Crippen MR) is 62.9 cm³/mol. The van der Waals surface area contributed by atoms with Crippen LogP contribution in [0.3, 0.4) is 0 Å². The molecular formula is C12H16O2S. The van der Waals surface area contributed by atoms with Crippen molar-refractivity contribution >= 4 is 18.0 Å². The minimum absolute atomic E-state index is 0.0463. The van der Waals surface area contributed by atoms with E-state index in [2.05, 4.69) is 0 Å². The van der Waals surface area contributed by atoms with Crippen molar-refractivity contribution in [2.75, 3.05) is 5.75 Å². The van der Waals surface area contributed by atoms with E-state index in [-0.39, 0.29) is 12.0 Å². The maximum atomic E-state index is 10.7. The van der Waals surface area contributed by atoms with Crippen molar-refractivity contribution in [2.45, 2.75) is 25.3 Å². The minimum atomic E-state index is -0.312. The van der Waals surface area contributed by atoms with Crippen molar-refractivity contribution in [3.05, 3.63) is 29.8 Å². The normalized spacial score (nSPS) is 11.4. The zero-order valence-electron chi connectivity index (χ0n) is 9.06. The van der Waals surface area contributed by atoms with Crippen molar-refractivity contribution in [3.8, 4) is 0 Å². The maximum Gasteiger partial charge on any atom is 0.126 e. The van der Waals surface area contributed by atoms with Crippen LogP contribution in [0.2, 0.25) is 0 Å². The first kappa shape index (κ1) is 12.3. The van der Waals surface area contributed by atoms with Gasteiger partial charge in [-0.25, -0.2) is 0 Å². The van der Waals surface area contributed by atoms with E-state index in [1.54, 1.807) is 11.8 Å². The number of thioether (sulfide) groups is 1. The number of hydrogen-bond donors (Lipinski definition) is 1. The Morgan fingerprint density at radius 1 is 1.40 bits per heavy atom. The third kappa shape index (κ3) is 3.68. The molecule has 1 N–H and O–H groups in total. The summed E-state index contributed by atoms with van der Waals surface area (Å²) in [5.41, 5.74) is 0.608. The van der Waals surface area contributed by atoms with E-state index >= 15 is 0 Å². The van der Waals surface area contributed by atoms with E-state index in [0.29, 0.717) is 0 Å². The summed E-state index contributed by atoms with van der Waals surface area (Å²) < 4.78 is 0. The van der Waals surface area contributed by atoms with Gasteiger partial charge in [-0.15, -0.1) is 11.8 Å². The monoisotopic (exact) mass is 224 g/mol. The van der Waals surface area contributed by atoms with Gasteiger partial charge >= 0.3 is 0 Å². The van der Waals surface area contributed by atoms with E-state index in [9.17, 15) is 4.79 Å². The van der Waals surface area contributed by atoms with Crippen molar-refractivity contribution in [3.63, 3.8) is 0 Å². The molecule has 82 valence electrons. The zero-order chi connectivity index (χ0) is 11.3. The molecular weight excluding hydrogens is 208 g/mol. The van der Waals surface area contributed by atoms with E-state index < -0.39 is 0 Å². The molecule has 0 aromatic heterocycles. The maximum absolute atomic E-state index is 10.7. The summed E-state index contributed by atoms with van der Waals surface area (Å²) >= 11 is 1.61. The largest absolute Gasteiger partial charge is 0.392 e. The van der Waals surface area contributed by atoms with Crippen LogP contribution in [0.25, 0.3) is 0 Å². The average molecular weight is 224 g/mol. The summed E-state index contributed by atoms with van der Waals surface area (Å²) in [6.45, 7) is 3.87. The highest BCUT2D eigenvalue weighted by molar-refractivity contribution is 7.99. The Labute approximate surface area is 94.7 Å². The van der Waals surface area contributed by atoms with Crippen molar-refractivity contribution in [2.24, 2.45) is 5.41 Å². The second-order valence-electron chi connectivity index (χ2n) is 4.16. The highest BCUT2D eigenvalue weighted by Crippen LogP contribution is 2.28. The number of carbonyl (C=O) groups is 1. The Morgan fingerprint density at radius 3 is 2.67 bits per heavy atom. The lowest BCUT2D eigenvalue weighted by Gasteiger charge is -2.16. The molecule has 0 aliphatic rings. The smallest absolute Gasteiger partial charge is 0.126 e. The van der Waals surface area contributed by atoms with Gasteiger partial charge in [0.05, 0.1) is 6.61 Å². The van der Waals surface area contributed by atoms with Gasteiger partial charge in [0.1, 0.15) is 6.29 Å². The first-order valence-electron chi connectivity index (χ1n) is 4.87. The molecule has 0 saturated carbocycles. The standard InChI is InChI=1S/C12H16O2S/c1-12(2,8-14)9-15-11-6-4-3-5-10(11)7-13/h3-6,8,13H,7,9H2,1-2H3. The SMILES string of the molecule is CC(C)(C=O)CSc1ccccc1CO. The molecule has 0 atom stereocenters. The van der Waals surface area contributed by atoms with Gasteiger partial charge in [-0.1, -0.05) is 32.0 Å². The van der Waals surface area contributed by atoms with Crippen LogP contribution >= 0.6 is 11.8 Å². The van der Waals surface area contributed by atoms with Gasteiger partial charge in [-0.3, -0.25) is 0 Å². The molecule has 1 aromatic rings. The lowest BCUT2D eigenvalue weighted by Crippen LogP contribution is -2.16. The molecule has 0 unspecified atom stereocenters. The zero-order valence-corrected chi connectivity index (χ0v) is 9.88. The molecule has 15 heavy (non-hydrogen) atoms. The number of hydrogen-bond acceptors (Lipinski definition) is 3. The third-order valence-corrected chi connectivity index (χ3v) is 3.66. The number of rotatable bonds is 5. The highest BCUT2D eigenvalue weighted by atomic mass is 32.2. The molecule has 0 spiro atoms. The van der Waals surface area contributed by atoms with Gasteiger partial charge in [0, 0.05) is 16.1 Å². The molecule has 1 aromatic carbocycles. The lowest BCUT2D eigenvalue weighted by atomic mass is 10.00. The van der Waals surface area contributed by atoms with Crippen LogP contribution in [0.5, 0.6) is 0 Å². The van der Waals surface area contributed by atoms with E-state index in [1.165, 1.54) is 0 Å². The molecule has 0 aliphatic heterocycles. The first-order valence-corrected chi connectivity index (χ1v) is 5.85. The molecule has 2 nitrogen and oxygen atoms in total. The number of benzene rings is 1. The second kappa shape index (κ2) is 5.33. The molecule has 0 radical (unpaired) electrons. The number of aliphatic hydroxyl groups excluding tert-OH is 1. The van der Waals surface area contributed by atoms with Gasteiger partial charge in [0.15, 0.2) is 0 Å². The minimum Gasteiger partial charge on any atom is -0.392 e. The average Bonchev–Trinajstić information content (AvgIpc) is 2.27. The predicted octanol–water partition coefficient (Wildman–Crippen LogP) is 2.50. The molecule has 0 fully saturated rings. The topological polar surface area (TPSA) is 37.3 Å². The number of aldehydes is 1. The fourth-order valence-electron chi connectivity index (χ4n) is 1.07. The van der Waals surface area contributed by atoms with E-state index in [1.807, 2.05) is 38.1 Å². The summed E-state index contributed by atoms with van der Waals surface area (Å²) in [6.07, 6.45) is 0.974. The van der Waals surface area contributed by atoms with Crippen molar-refractivity contribution in [1.82, 2.24) is 0 Å². The van der Waals surface area contributed by atoms with Gasteiger partial charge in [0.25, 0.3) is 0 Å². The summed E-state index contributed by atoms with van der Waals surface area (Å²) in [5, 5.41) is 9.12. The van der Waals surface area contributed by atoms with Crippen LogP contribution in [-0.4, -0.2) is 17.1 Å². The van der Waals surface area contributed by atoms with Crippen LogP contribution < -0.4 is 0 Å². The Bertz CT molecular complexity index is 334. The van der Waals surface area contributed by atoms with Crippen LogP contribution in [0.1, 0.15) is 19.4 Å². The third-order valence-electron chi connectivity index (χ3n) is 2.06. The van der Waals surface area contributed by atoms with Gasteiger partial charge in [-0.05, 0) is 11.6 Å². The molecule has 0 saturated heterocycles. The van der Waals surface area contributed by atoms with Crippen molar-refractivity contribution in [1.29, 1.82) is 0 Å². The fraction of sp³-hybridized carbons (Fsp3) is 0.417. The summed E-state index contributed by atoms with van der Waals surface area (Å²) in [7, 11) is 0. The van der Waals surface area contributed by atoms with E-state index in [0.717, 1.165) is 22.5 Å². The lowest BCUT2D eigenvalue weighted by molar-refractivity contribution is -0.113. The Hall–Kier alpha value is -0.800. The van der Waals surface area contributed by atoms with Crippen LogP contribution in [-0.2, 0) is 11.4 Å². The van der Waals surface area contributed by atoms with Gasteiger partial charge in [0.2, 0.25) is 0 Å². The number of aliphatic hydroxyl groups is 1. The molecule has 0 aliphatic carbocycles. The van der Waals surface area contributed by atoms with E-state index in [4.69, 9.17) is 5.11 Å². The van der Waals surface area contributed by atoms with Crippen LogP contribution in [0, 0.1) is 5.41 Å². The Kier molecular flexibility index (Phi) is 4.36. The van der Waals surface area contributed by atoms with Gasteiger partial charge < -0.3 is 9.90 Å². The fourth-order valence-corrected chi connectivity index (χ4v) is 2.16. The van der Waals surface area contributed by atoms with Crippen LogP contribution in [0.15, 0.2) is 29.2 Å². The Balaban J connectivity index is 2.68. The number of carbonyl (C=O) groups excluding carboxylic acids is 1. The quantitative estimate of drug-likeness (QED) is 0.617. The Morgan fingerprint density at radius 2 is 2.07 bits per heavy atom. The van der Waals surface area contributed by atoms with Crippen molar-refractivity contribution < 1.29 is 9.90 Å².